The topological polar surface area (TPSA) is 75.4 Å². The number of hydrogen-bond donors (Lipinski definition) is 2. The Morgan fingerprint density at radius 1 is 1.58 bits per heavy atom. The van der Waals surface area contributed by atoms with E-state index in [0.29, 0.717) is 29.4 Å². The monoisotopic (exact) mass is 302 g/mol. The zero-order valence-corrected chi connectivity index (χ0v) is 11.8. The molecule has 1 aromatic rings. The molecule has 0 amide bonds. The molecule has 7 heteroatoms. The lowest BCUT2D eigenvalue weighted by Crippen LogP contribution is -2.40. The highest BCUT2D eigenvalue weighted by Gasteiger charge is 2.31. The third-order valence-electron chi connectivity index (χ3n) is 3.09. The summed E-state index contributed by atoms with van der Waals surface area (Å²) in [7, 11) is 0. The van der Waals surface area contributed by atoms with Gasteiger partial charge in [0.1, 0.15) is 0 Å². The number of rotatable bonds is 5. The molecule has 19 heavy (non-hydrogen) atoms. The van der Waals surface area contributed by atoms with Crippen LogP contribution in [0.25, 0.3) is 0 Å². The van der Waals surface area contributed by atoms with Crippen LogP contribution < -0.4 is 5.32 Å². The van der Waals surface area contributed by atoms with Crippen LogP contribution in [0.2, 0.25) is 5.02 Å². The second kappa shape index (κ2) is 6.09. The zero-order chi connectivity index (χ0) is 13.9. The van der Waals surface area contributed by atoms with Crippen LogP contribution in [0.3, 0.4) is 0 Å². The van der Waals surface area contributed by atoms with Crippen molar-refractivity contribution in [1.29, 1.82) is 0 Å². The van der Waals surface area contributed by atoms with E-state index in [4.69, 9.17) is 11.6 Å². The van der Waals surface area contributed by atoms with E-state index >= 15 is 0 Å². The summed E-state index contributed by atoms with van der Waals surface area (Å²) in [4.78, 5) is 10.5. The van der Waals surface area contributed by atoms with Crippen molar-refractivity contribution in [3.05, 3.63) is 38.9 Å². The molecule has 0 aromatic heterocycles. The van der Waals surface area contributed by atoms with Gasteiger partial charge in [0.05, 0.1) is 10.5 Å². The molecule has 2 N–H and O–H groups in total. The third-order valence-corrected chi connectivity index (χ3v) is 4.56. The molecule has 1 atom stereocenters. The Balaban J connectivity index is 1.98. The first kappa shape index (κ1) is 14.6. The Morgan fingerprint density at radius 3 is 3.00 bits per heavy atom. The molecular weight excluding hydrogens is 288 g/mol. The second-order valence-electron chi connectivity index (χ2n) is 4.66. The van der Waals surface area contributed by atoms with E-state index in [1.807, 2.05) is 0 Å². The van der Waals surface area contributed by atoms with Gasteiger partial charge in [-0.1, -0.05) is 11.6 Å². The van der Waals surface area contributed by atoms with E-state index in [0.717, 1.165) is 12.2 Å². The van der Waals surface area contributed by atoms with Gasteiger partial charge in [0.25, 0.3) is 5.69 Å². The van der Waals surface area contributed by atoms with Crippen molar-refractivity contribution in [2.24, 2.45) is 0 Å². The van der Waals surface area contributed by atoms with Crippen LogP contribution >= 0.6 is 23.4 Å². The zero-order valence-electron chi connectivity index (χ0n) is 10.3. The Labute approximate surface area is 120 Å². The summed E-state index contributed by atoms with van der Waals surface area (Å²) in [6.07, 6.45) is 0.752. The standard InChI is InChI=1S/C12H15ClN2O3S/c13-10-1-2-11(15(17)18)9(5-10)6-14-7-12(16)3-4-19-8-12/h1-2,5,14,16H,3-4,6-8H2. The second-order valence-corrected chi connectivity index (χ2v) is 6.20. The van der Waals surface area contributed by atoms with Gasteiger partial charge >= 0.3 is 0 Å². The lowest BCUT2D eigenvalue weighted by molar-refractivity contribution is -0.385. The van der Waals surface area contributed by atoms with Gasteiger partial charge in [0.15, 0.2) is 0 Å². The number of halogens is 1. The van der Waals surface area contributed by atoms with Crippen molar-refractivity contribution in [3.8, 4) is 0 Å². The van der Waals surface area contributed by atoms with E-state index in [1.165, 1.54) is 12.1 Å². The molecule has 1 aliphatic heterocycles. The number of nitrogens with one attached hydrogen (secondary N) is 1. The molecule has 104 valence electrons. The number of hydrogen-bond acceptors (Lipinski definition) is 5. The van der Waals surface area contributed by atoms with Gasteiger partial charge in [0, 0.05) is 35.5 Å². The molecule has 2 rings (SSSR count). The minimum atomic E-state index is -0.696. The minimum Gasteiger partial charge on any atom is -0.388 e. The molecule has 1 heterocycles. The van der Waals surface area contributed by atoms with Crippen LogP contribution in [-0.4, -0.2) is 33.7 Å². The summed E-state index contributed by atoms with van der Waals surface area (Å²) in [5.41, 5.74) is -0.116. The summed E-state index contributed by atoms with van der Waals surface area (Å²) in [5.74, 6) is 1.66. The fourth-order valence-corrected chi connectivity index (χ4v) is 3.53. The number of nitro groups is 1. The molecule has 0 bridgehead atoms. The highest BCUT2D eigenvalue weighted by Crippen LogP contribution is 2.27. The van der Waals surface area contributed by atoms with Crippen molar-refractivity contribution in [2.45, 2.75) is 18.6 Å². The van der Waals surface area contributed by atoms with E-state index < -0.39 is 10.5 Å². The van der Waals surface area contributed by atoms with Gasteiger partial charge in [-0.2, -0.15) is 11.8 Å². The van der Waals surface area contributed by atoms with E-state index in [1.54, 1.807) is 17.8 Å². The number of benzene rings is 1. The average molecular weight is 303 g/mol. The summed E-state index contributed by atoms with van der Waals surface area (Å²) < 4.78 is 0. The first-order valence-electron chi connectivity index (χ1n) is 5.94. The Hall–Kier alpha value is -0.820. The van der Waals surface area contributed by atoms with Crippen molar-refractivity contribution in [3.63, 3.8) is 0 Å². The van der Waals surface area contributed by atoms with E-state index in [2.05, 4.69) is 5.32 Å². The van der Waals surface area contributed by atoms with Crippen molar-refractivity contribution < 1.29 is 10.0 Å². The largest absolute Gasteiger partial charge is 0.388 e. The minimum absolute atomic E-state index is 0.0460. The predicted molar refractivity (Wildman–Crippen MR) is 76.7 cm³/mol. The molecule has 1 saturated heterocycles. The molecule has 0 saturated carbocycles. The first-order chi connectivity index (χ1) is 9.00. The highest BCUT2D eigenvalue weighted by atomic mass is 35.5. The summed E-state index contributed by atoms with van der Waals surface area (Å²) >= 11 is 7.57. The fraction of sp³-hybridized carbons (Fsp3) is 0.500. The molecule has 0 radical (unpaired) electrons. The summed E-state index contributed by atoms with van der Waals surface area (Å²) in [5, 5.41) is 24.6. The summed E-state index contributed by atoms with van der Waals surface area (Å²) in [6, 6.07) is 4.49. The smallest absolute Gasteiger partial charge is 0.273 e. The number of thioether (sulfide) groups is 1. The van der Waals surface area contributed by atoms with Crippen LogP contribution in [0.5, 0.6) is 0 Å². The van der Waals surface area contributed by atoms with Gasteiger partial charge in [0.2, 0.25) is 0 Å². The van der Waals surface area contributed by atoms with Crippen LogP contribution in [-0.2, 0) is 6.54 Å². The molecule has 5 nitrogen and oxygen atoms in total. The fourth-order valence-electron chi connectivity index (χ4n) is 2.04. The molecule has 1 unspecified atom stereocenters. The molecule has 1 aliphatic rings. The average Bonchev–Trinajstić information content (AvgIpc) is 2.76. The van der Waals surface area contributed by atoms with Crippen molar-refractivity contribution >= 4 is 29.1 Å². The van der Waals surface area contributed by atoms with Crippen molar-refractivity contribution in [2.75, 3.05) is 18.1 Å². The normalized spacial score (nSPS) is 22.6. The number of aliphatic hydroxyl groups is 1. The molecule has 1 fully saturated rings. The summed E-state index contributed by atoms with van der Waals surface area (Å²) in [6.45, 7) is 0.757. The molecular formula is C12H15ClN2O3S. The van der Waals surface area contributed by atoms with E-state index in [9.17, 15) is 15.2 Å². The van der Waals surface area contributed by atoms with Crippen LogP contribution in [0.15, 0.2) is 18.2 Å². The van der Waals surface area contributed by atoms with Crippen LogP contribution in [0.4, 0.5) is 5.69 Å². The number of nitro benzene ring substituents is 1. The molecule has 0 aliphatic carbocycles. The SMILES string of the molecule is O=[N+]([O-])c1ccc(Cl)cc1CNCC1(O)CCSC1. The Kier molecular flexibility index (Phi) is 4.67. The lowest BCUT2D eigenvalue weighted by atomic mass is 10.0. The van der Waals surface area contributed by atoms with E-state index in [-0.39, 0.29) is 5.69 Å². The quantitative estimate of drug-likeness (QED) is 0.644. The maximum absolute atomic E-state index is 10.9. The van der Waals surface area contributed by atoms with Gasteiger partial charge in [-0.25, -0.2) is 0 Å². The van der Waals surface area contributed by atoms with Gasteiger partial charge in [-0.3, -0.25) is 10.1 Å². The van der Waals surface area contributed by atoms with Gasteiger partial charge in [-0.15, -0.1) is 0 Å². The maximum atomic E-state index is 10.9. The number of nitrogens with zero attached hydrogens (tertiary/aromatic N) is 1. The first-order valence-corrected chi connectivity index (χ1v) is 7.47. The molecule has 1 aromatic carbocycles. The van der Waals surface area contributed by atoms with Crippen LogP contribution in [0, 0.1) is 10.1 Å². The lowest BCUT2D eigenvalue weighted by Gasteiger charge is -2.21. The molecule has 0 spiro atoms. The predicted octanol–water partition coefficient (Wildman–Crippen LogP) is 2.21. The third kappa shape index (κ3) is 3.82. The van der Waals surface area contributed by atoms with Gasteiger partial charge < -0.3 is 10.4 Å². The highest BCUT2D eigenvalue weighted by molar-refractivity contribution is 7.99. The van der Waals surface area contributed by atoms with Crippen molar-refractivity contribution in [1.82, 2.24) is 5.32 Å². The van der Waals surface area contributed by atoms with Gasteiger partial charge in [-0.05, 0) is 24.3 Å². The Bertz CT molecular complexity index is 478. The Morgan fingerprint density at radius 2 is 2.37 bits per heavy atom. The maximum Gasteiger partial charge on any atom is 0.273 e. The van der Waals surface area contributed by atoms with Crippen LogP contribution in [0.1, 0.15) is 12.0 Å².